The van der Waals surface area contributed by atoms with Gasteiger partial charge >= 0.3 is 89.4 Å². The Morgan fingerprint density at radius 3 is 2.54 bits per heavy atom. The molecule has 13 heavy (non-hydrogen) atoms. The van der Waals surface area contributed by atoms with Gasteiger partial charge in [0.25, 0.3) is 0 Å². The maximum atomic E-state index is 5.70. The van der Waals surface area contributed by atoms with E-state index in [1.807, 2.05) is 12.1 Å². The average molecular weight is 260 g/mol. The van der Waals surface area contributed by atoms with Gasteiger partial charge in [-0.25, -0.2) is 0 Å². The van der Waals surface area contributed by atoms with E-state index in [9.17, 15) is 0 Å². The summed E-state index contributed by atoms with van der Waals surface area (Å²) in [6.45, 7) is 0. The van der Waals surface area contributed by atoms with Crippen LogP contribution in [-0.4, -0.2) is 27.0 Å². The Kier molecular flexibility index (Phi) is 3.96. The minimum absolute atomic E-state index is 0.310. The Hall–Kier alpha value is -0.831. The van der Waals surface area contributed by atoms with Crippen molar-refractivity contribution in [3.8, 4) is 0 Å². The van der Waals surface area contributed by atoms with Gasteiger partial charge in [0.15, 0.2) is 0 Å². The number of hydrogen-bond acceptors (Lipinski definition) is 2. The van der Waals surface area contributed by atoms with Crippen molar-refractivity contribution in [2.75, 3.05) is 0 Å². The predicted molar refractivity (Wildman–Crippen MR) is 56.4 cm³/mol. The van der Waals surface area contributed by atoms with Crippen molar-refractivity contribution in [1.29, 1.82) is 0 Å². The predicted octanol–water partition coefficient (Wildman–Crippen LogP) is 1.16. The zero-order chi connectivity index (χ0) is 9.68. The third-order valence-corrected chi connectivity index (χ3v) is 1.66. The van der Waals surface area contributed by atoms with Gasteiger partial charge in [-0.15, -0.1) is 0 Å². The first kappa shape index (κ1) is 10.3. The first-order valence-corrected chi connectivity index (χ1v) is 4.71. The van der Waals surface area contributed by atoms with Crippen LogP contribution in [-0.2, 0) is 0 Å². The van der Waals surface area contributed by atoms with E-state index in [0.717, 1.165) is 5.56 Å². The molecule has 0 heterocycles. The van der Waals surface area contributed by atoms with Crippen molar-refractivity contribution in [2.24, 2.45) is 15.9 Å². The molecule has 0 aromatic heterocycles. The van der Waals surface area contributed by atoms with Crippen LogP contribution in [0.2, 0.25) is 5.02 Å². The van der Waals surface area contributed by atoms with Crippen molar-refractivity contribution in [1.82, 2.24) is 0 Å². The molecule has 0 aliphatic rings. The number of hydrogen-bond donors (Lipinski definition) is 1. The Balaban J connectivity index is 2.70. The molecule has 0 atom stereocenters. The van der Waals surface area contributed by atoms with E-state index >= 15 is 0 Å². The van der Waals surface area contributed by atoms with Crippen LogP contribution < -0.4 is 5.73 Å². The van der Waals surface area contributed by atoms with Crippen molar-refractivity contribution in [2.45, 2.75) is 0 Å². The molecule has 0 amide bonds. The van der Waals surface area contributed by atoms with E-state index in [0.29, 0.717) is 9.76 Å². The number of halogens is 1. The molecule has 2 N–H and O–H groups in total. The molecule has 0 saturated carbocycles. The summed E-state index contributed by atoms with van der Waals surface area (Å²) in [5, 5.41) is 8.05. The number of rotatable bonds is 2. The molecule has 0 aliphatic carbocycles. The molecular weight excluding hydrogens is 253 g/mol. The van der Waals surface area contributed by atoms with Gasteiger partial charge in [-0.3, -0.25) is 0 Å². The molecule has 0 bridgehead atoms. The fraction of sp³-hybridized carbons (Fsp3) is 0. The molecule has 0 saturated heterocycles. The van der Waals surface area contributed by atoms with Crippen molar-refractivity contribution in [3.05, 3.63) is 34.9 Å². The van der Waals surface area contributed by atoms with E-state index < -0.39 is 0 Å². The fourth-order valence-corrected chi connectivity index (χ4v) is 0.926. The SMILES string of the molecule is N/C([Se])=N/N=Cc1ccc(Cl)cc1. The number of amidine groups is 1. The number of nitrogens with two attached hydrogens (primary N) is 1. The van der Waals surface area contributed by atoms with Crippen molar-refractivity contribution in [3.63, 3.8) is 0 Å². The third kappa shape index (κ3) is 4.08. The molecule has 3 nitrogen and oxygen atoms in total. The molecule has 1 rings (SSSR count). The van der Waals surface area contributed by atoms with Crippen LogP contribution in [0.1, 0.15) is 5.56 Å². The summed E-state index contributed by atoms with van der Waals surface area (Å²) in [5.41, 5.74) is 6.17. The van der Waals surface area contributed by atoms with E-state index in [2.05, 4.69) is 26.2 Å². The molecule has 1 aromatic carbocycles. The second-order valence-electron chi connectivity index (χ2n) is 2.23. The molecule has 1 aromatic rings. The molecule has 0 spiro atoms. The zero-order valence-electron chi connectivity index (χ0n) is 6.64. The van der Waals surface area contributed by atoms with E-state index in [4.69, 9.17) is 17.3 Å². The summed E-state index contributed by atoms with van der Waals surface area (Å²) in [4.78, 5) is 0. The molecule has 5 heteroatoms. The summed E-state index contributed by atoms with van der Waals surface area (Å²) in [5.74, 6) is 0. The quantitative estimate of drug-likeness (QED) is 0.368. The monoisotopic (exact) mass is 260 g/mol. The fourth-order valence-electron chi connectivity index (χ4n) is 0.701. The first-order valence-electron chi connectivity index (χ1n) is 3.47. The summed E-state index contributed by atoms with van der Waals surface area (Å²) in [7, 11) is 0. The number of nitrogens with zero attached hydrogens (tertiary/aromatic N) is 2. The van der Waals surface area contributed by atoms with Gasteiger partial charge in [-0.2, -0.15) is 0 Å². The molecule has 0 aliphatic heterocycles. The maximum absolute atomic E-state index is 5.70. The van der Waals surface area contributed by atoms with Gasteiger partial charge in [0, 0.05) is 0 Å². The summed E-state index contributed by atoms with van der Waals surface area (Å²) in [6, 6.07) is 7.26. The Labute approximate surface area is 89.5 Å². The summed E-state index contributed by atoms with van der Waals surface area (Å²) in [6.07, 6.45) is 1.60. The van der Waals surface area contributed by atoms with Gasteiger partial charge in [-0.05, 0) is 0 Å². The van der Waals surface area contributed by atoms with Crippen LogP contribution >= 0.6 is 11.6 Å². The van der Waals surface area contributed by atoms with Crippen LogP contribution in [0.15, 0.2) is 34.5 Å². The van der Waals surface area contributed by atoms with Gasteiger partial charge < -0.3 is 0 Å². The molecule has 67 valence electrons. The average Bonchev–Trinajstić information content (AvgIpc) is 2.08. The minimum atomic E-state index is 0.310. The Bertz CT molecular complexity index is 328. The Morgan fingerprint density at radius 1 is 1.38 bits per heavy atom. The van der Waals surface area contributed by atoms with E-state index in [1.165, 1.54) is 0 Å². The summed E-state index contributed by atoms with van der Waals surface area (Å²) < 4.78 is 0.310. The normalized spacial score (nSPS) is 12.2. The molecule has 1 radical (unpaired) electrons. The van der Waals surface area contributed by atoms with Crippen LogP contribution in [0, 0.1) is 0 Å². The van der Waals surface area contributed by atoms with Crippen LogP contribution in [0.4, 0.5) is 0 Å². The molecule has 0 fully saturated rings. The second-order valence-corrected chi connectivity index (χ2v) is 3.55. The first-order chi connectivity index (χ1) is 6.18. The summed E-state index contributed by atoms with van der Waals surface area (Å²) >= 11 is 8.23. The standard InChI is InChI=1S/C8H7ClN3Se/c9-7-3-1-6(2-4-7)5-11-12-8(10)13/h1-5H,(H2,10,12). The van der Waals surface area contributed by atoms with Crippen LogP contribution in [0.3, 0.4) is 0 Å². The van der Waals surface area contributed by atoms with E-state index in [-0.39, 0.29) is 0 Å². The van der Waals surface area contributed by atoms with E-state index in [1.54, 1.807) is 18.3 Å². The zero-order valence-corrected chi connectivity index (χ0v) is 9.11. The second kappa shape index (κ2) is 5.02. The number of benzene rings is 1. The van der Waals surface area contributed by atoms with Crippen LogP contribution in [0.25, 0.3) is 0 Å². The van der Waals surface area contributed by atoms with Gasteiger partial charge in [-0.1, -0.05) is 0 Å². The molecular formula is C8H7ClN3Se. The van der Waals surface area contributed by atoms with Gasteiger partial charge in [0.1, 0.15) is 0 Å². The van der Waals surface area contributed by atoms with Crippen molar-refractivity contribution >= 4 is 38.6 Å². The molecule has 0 unspecified atom stereocenters. The van der Waals surface area contributed by atoms with Gasteiger partial charge in [0.2, 0.25) is 0 Å². The topological polar surface area (TPSA) is 50.7 Å². The Morgan fingerprint density at radius 2 is 2.00 bits per heavy atom. The third-order valence-electron chi connectivity index (χ3n) is 1.23. The van der Waals surface area contributed by atoms with Gasteiger partial charge in [0.05, 0.1) is 0 Å². The van der Waals surface area contributed by atoms with Crippen molar-refractivity contribution < 1.29 is 0 Å². The van der Waals surface area contributed by atoms with Crippen LogP contribution in [0.5, 0.6) is 0 Å².